The number of hydrogen-bond acceptors (Lipinski definition) is 3. The molecule has 3 heterocycles. The van der Waals surface area contributed by atoms with Gasteiger partial charge in [-0.05, 0) is 50.9 Å². The minimum atomic E-state index is -0.315. The van der Waals surface area contributed by atoms with E-state index in [0.717, 1.165) is 43.7 Å². The molecule has 0 aliphatic carbocycles. The van der Waals surface area contributed by atoms with E-state index >= 15 is 0 Å². The van der Waals surface area contributed by atoms with Crippen molar-refractivity contribution in [3.63, 3.8) is 0 Å². The molecule has 2 saturated heterocycles. The standard InChI is InChI=1S/C18H24N2O2/c1-19-10-4-7-14(19)15-8-5-11-20(15)18(21)17-12-13-6-2-3-9-16(13)22-17/h2-3,6,9,14-15,17H,4-5,7-8,10-12H2,1H3/t14-,15-,17+/m1/s1. The van der Waals surface area contributed by atoms with Gasteiger partial charge in [-0.25, -0.2) is 0 Å². The Hall–Kier alpha value is -1.55. The number of ether oxygens (including phenoxy) is 1. The lowest BCUT2D eigenvalue weighted by Crippen LogP contribution is -2.50. The molecular formula is C18H24N2O2. The number of carbonyl (C=O) groups is 1. The van der Waals surface area contributed by atoms with E-state index in [4.69, 9.17) is 4.74 Å². The van der Waals surface area contributed by atoms with E-state index in [0.29, 0.717) is 12.1 Å². The van der Waals surface area contributed by atoms with E-state index in [9.17, 15) is 4.79 Å². The van der Waals surface area contributed by atoms with Crippen LogP contribution in [0.25, 0.3) is 0 Å². The van der Waals surface area contributed by atoms with Gasteiger partial charge in [0, 0.05) is 25.0 Å². The van der Waals surface area contributed by atoms with Crippen LogP contribution in [0.3, 0.4) is 0 Å². The van der Waals surface area contributed by atoms with Gasteiger partial charge in [-0.1, -0.05) is 18.2 Å². The largest absolute Gasteiger partial charge is 0.480 e. The average molecular weight is 300 g/mol. The second-order valence-electron chi connectivity index (χ2n) is 6.85. The molecule has 3 aliphatic rings. The van der Waals surface area contributed by atoms with Crippen molar-refractivity contribution in [3.05, 3.63) is 29.8 Å². The Kier molecular flexibility index (Phi) is 3.57. The van der Waals surface area contributed by atoms with Gasteiger partial charge in [-0.3, -0.25) is 4.79 Å². The number of fused-ring (bicyclic) bond motifs is 1. The number of rotatable bonds is 2. The first kappa shape index (κ1) is 14.1. The van der Waals surface area contributed by atoms with Gasteiger partial charge >= 0.3 is 0 Å². The monoisotopic (exact) mass is 300 g/mol. The van der Waals surface area contributed by atoms with Crippen LogP contribution in [-0.2, 0) is 11.2 Å². The molecular weight excluding hydrogens is 276 g/mol. The Labute approximate surface area is 132 Å². The van der Waals surface area contributed by atoms with E-state index in [1.807, 2.05) is 18.2 Å². The Morgan fingerprint density at radius 1 is 1.14 bits per heavy atom. The van der Waals surface area contributed by atoms with E-state index < -0.39 is 0 Å². The van der Waals surface area contributed by atoms with Crippen LogP contribution in [0.5, 0.6) is 5.75 Å². The van der Waals surface area contributed by atoms with Crippen LogP contribution in [0, 0.1) is 0 Å². The van der Waals surface area contributed by atoms with Crippen LogP contribution in [-0.4, -0.2) is 54.0 Å². The third-order valence-corrected chi connectivity index (χ3v) is 5.53. The highest BCUT2D eigenvalue weighted by atomic mass is 16.5. The molecule has 1 aromatic carbocycles. The molecule has 0 unspecified atom stereocenters. The summed E-state index contributed by atoms with van der Waals surface area (Å²) in [7, 11) is 2.20. The first-order chi connectivity index (χ1) is 10.7. The van der Waals surface area contributed by atoms with E-state index in [2.05, 4.69) is 22.9 Å². The van der Waals surface area contributed by atoms with Crippen molar-refractivity contribution in [3.8, 4) is 5.75 Å². The molecule has 0 spiro atoms. The number of benzene rings is 1. The Balaban J connectivity index is 1.48. The van der Waals surface area contributed by atoms with Gasteiger partial charge < -0.3 is 14.5 Å². The lowest BCUT2D eigenvalue weighted by molar-refractivity contribution is -0.139. The molecule has 4 nitrogen and oxygen atoms in total. The number of likely N-dealkylation sites (N-methyl/N-ethyl adjacent to an activating group) is 1. The van der Waals surface area contributed by atoms with Crippen LogP contribution in [0.4, 0.5) is 0 Å². The highest BCUT2D eigenvalue weighted by Crippen LogP contribution is 2.33. The smallest absolute Gasteiger partial charge is 0.264 e. The van der Waals surface area contributed by atoms with Crippen molar-refractivity contribution in [1.82, 2.24) is 9.80 Å². The highest BCUT2D eigenvalue weighted by molar-refractivity contribution is 5.83. The van der Waals surface area contributed by atoms with Crippen LogP contribution in [0.1, 0.15) is 31.2 Å². The number of nitrogens with zero attached hydrogens (tertiary/aromatic N) is 2. The van der Waals surface area contributed by atoms with Crippen LogP contribution in [0.15, 0.2) is 24.3 Å². The number of likely N-dealkylation sites (tertiary alicyclic amines) is 2. The van der Waals surface area contributed by atoms with Gasteiger partial charge in [0.2, 0.25) is 0 Å². The van der Waals surface area contributed by atoms with Crippen molar-refractivity contribution < 1.29 is 9.53 Å². The molecule has 0 radical (unpaired) electrons. The lowest BCUT2D eigenvalue weighted by atomic mass is 10.0. The fourth-order valence-electron chi connectivity index (χ4n) is 4.39. The summed E-state index contributed by atoms with van der Waals surface area (Å²) in [4.78, 5) is 17.5. The normalized spacial score (nSPS) is 31.3. The summed E-state index contributed by atoms with van der Waals surface area (Å²) in [6.45, 7) is 2.05. The highest BCUT2D eigenvalue weighted by Gasteiger charge is 2.42. The quantitative estimate of drug-likeness (QED) is 0.838. The van der Waals surface area contributed by atoms with E-state index in [-0.39, 0.29) is 12.0 Å². The van der Waals surface area contributed by atoms with Crippen LogP contribution >= 0.6 is 0 Å². The fourth-order valence-corrected chi connectivity index (χ4v) is 4.39. The molecule has 1 aromatic rings. The summed E-state index contributed by atoms with van der Waals surface area (Å²) in [5, 5.41) is 0. The van der Waals surface area contributed by atoms with Crippen LogP contribution < -0.4 is 4.74 Å². The third kappa shape index (κ3) is 2.30. The Morgan fingerprint density at radius 2 is 1.91 bits per heavy atom. The number of hydrogen-bond donors (Lipinski definition) is 0. The zero-order valence-corrected chi connectivity index (χ0v) is 13.2. The van der Waals surface area contributed by atoms with E-state index in [1.165, 1.54) is 12.8 Å². The molecule has 3 aliphatic heterocycles. The second-order valence-corrected chi connectivity index (χ2v) is 6.85. The number of amides is 1. The predicted octanol–water partition coefficient (Wildman–Crippen LogP) is 2.08. The van der Waals surface area contributed by atoms with Gasteiger partial charge in [0.05, 0.1) is 0 Å². The predicted molar refractivity (Wildman–Crippen MR) is 84.9 cm³/mol. The van der Waals surface area contributed by atoms with Crippen molar-refractivity contribution in [1.29, 1.82) is 0 Å². The zero-order chi connectivity index (χ0) is 15.1. The summed E-state index contributed by atoms with van der Waals surface area (Å²) < 4.78 is 5.91. The van der Waals surface area contributed by atoms with Crippen molar-refractivity contribution in [2.75, 3.05) is 20.1 Å². The van der Waals surface area contributed by atoms with Gasteiger partial charge in [0.25, 0.3) is 5.91 Å². The lowest BCUT2D eigenvalue weighted by Gasteiger charge is -2.34. The second kappa shape index (κ2) is 5.58. The summed E-state index contributed by atoms with van der Waals surface area (Å²) in [6.07, 6.45) is 5.14. The molecule has 3 atom stereocenters. The molecule has 22 heavy (non-hydrogen) atoms. The van der Waals surface area contributed by atoms with Crippen molar-refractivity contribution in [2.24, 2.45) is 0 Å². The maximum atomic E-state index is 13.0. The maximum absolute atomic E-state index is 13.0. The molecule has 0 bridgehead atoms. The van der Waals surface area contributed by atoms with Gasteiger partial charge in [-0.15, -0.1) is 0 Å². The van der Waals surface area contributed by atoms with Gasteiger partial charge in [0.15, 0.2) is 6.10 Å². The zero-order valence-electron chi connectivity index (χ0n) is 13.2. The average Bonchev–Trinajstić information content (AvgIpc) is 3.24. The molecule has 1 amide bonds. The first-order valence-electron chi connectivity index (χ1n) is 8.49. The van der Waals surface area contributed by atoms with Crippen molar-refractivity contribution in [2.45, 2.75) is 50.3 Å². The number of carbonyl (C=O) groups excluding carboxylic acids is 1. The minimum absolute atomic E-state index is 0.194. The molecule has 118 valence electrons. The maximum Gasteiger partial charge on any atom is 0.264 e. The van der Waals surface area contributed by atoms with Gasteiger partial charge in [-0.2, -0.15) is 0 Å². The van der Waals surface area contributed by atoms with E-state index in [1.54, 1.807) is 0 Å². The van der Waals surface area contributed by atoms with Crippen molar-refractivity contribution >= 4 is 5.91 Å². The Bertz CT molecular complexity index is 549. The first-order valence-corrected chi connectivity index (χ1v) is 8.49. The molecule has 0 N–H and O–H groups in total. The topological polar surface area (TPSA) is 32.8 Å². The molecule has 2 fully saturated rings. The summed E-state index contributed by atoms with van der Waals surface area (Å²) in [5.74, 6) is 1.08. The minimum Gasteiger partial charge on any atom is -0.480 e. The number of para-hydroxylation sites is 1. The summed E-state index contributed by atoms with van der Waals surface area (Å²) in [6, 6.07) is 8.94. The third-order valence-electron chi connectivity index (χ3n) is 5.53. The molecule has 0 aromatic heterocycles. The fraction of sp³-hybridized carbons (Fsp3) is 0.611. The molecule has 4 rings (SSSR count). The molecule has 4 heteroatoms. The van der Waals surface area contributed by atoms with Crippen LogP contribution in [0.2, 0.25) is 0 Å². The Morgan fingerprint density at radius 3 is 2.68 bits per heavy atom. The summed E-state index contributed by atoms with van der Waals surface area (Å²) >= 11 is 0. The van der Waals surface area contributed by atoms with Gasteiger partial charge in [0.1, 0.15) is 5.75 Å². The SMILES string of the molecule is CN1CCC[C@@H]1[C@H]1CCCN1C(=O)[C@@H]1Cc2ccccc2O1. The molecule has 0 saturated carbocycles. The summed E-state index contributed by atoms with van der Waals surface area (Å²) in [5.41, 5.74) is 1.16.